The van der Waals surface area contributed by atoms with Gasteiger partial charge in [0.25, 0.3) is 17.7 Å². The van der Waals surface area contributed by atoms with Crippen LogP contribution >= 0.6 is 0 Å². The molecule has 0 unspecified atom stereocenters. The average Bonchev–Trinajstić information content (AvgIpc) is 3.14. The third kappa shape index (κ3) is 5.30. The van der Waals surface area contributed by atoms with Crippen molar-refractivity contribution >= 4 is 35.1 Å². The number of unbranched alkanes of at least 4 members (excludes halogenated alkanes) is 3. The molecule has 0 aromatic heterocycles. The Morgan fingerprint density at radius 3 is 1.97 bits per heavy atom. The Hall–Kier alpha value is -4.26. The van der Waals surface area contributed by atoms with Crippen LogP contribution < -0.4 is 10.2 Å². The van der Waals surface area contributed by atoms with Crippen LogP contribution in [-0.2, 0) is 4.74 Å². The molecule has 0 aliphatic carbocycles. The minimum Gasteiger partial charge on any atom is -0.462 e. The summed E-state index contributed by atoms with van der Waals surface area (Å²) in [6, 6.07) is 19.4. The van der Waals surface area contributed by atoms with E-state index in [1.165, 1.54) is 0 Å². The number of rotatable bonds is 9. The number of nitrogens with one attached hydrogen (secondary N) is 1. The molecule has 178 valence electrons. The maximum absolute atomic E-state index is 12.7. The summed E-state index contributed by atoms with van der Waals surface area (Å²) >= 11 is 0. The first kappa shape index (κ1) is 23.9. The predicted molar refractivity (Wildman–Crippen MR) is 133 cm³/mol. The van der Waals surface area contributed by atoms with E-state index in [2.05, 4.69) is 12.2 Å². The number of hydrogen-bond acceptors (Lipinski definition) is 5. The van der Waals surface area contributed by atoms with Crippen LogP contribution in [0.5, 0.6) is 0 Å². The molecule has 7 nitrogen and oxygen atoms in total. The number of nitrogens with zero attached hydrogens (tertiary/aromatic N) is 1. The molecule has 0 spiro atoms. The molecule has 0 saturated carbocycles. The molecule has 1 N–H and O–H groups in total. The number of esters is 1. The summed E-state index contributed by atoms with van der Waals surface area (Å²) in [5, 5.41) is 2.77. The lowest BCUT2D eigenvalue weighted by Gasteiger charge is -2.14. The second-order valence-corrected chi connectivity index (χ2v) is 8.27. The number of ether oxygens (including phenoxy) is 1. The second kappa shape index (κ2) is 10.8. The largest absolute Gasteiger partial charge is 0.462 e. The van der Waals surface area contributed by atoms with Gasteiger partial charge in [-0.1, -0.05) is 38.3 Å². The molecule has 1 aliphatic rings. The van der Waals surface area contributed by atoms with Crippen LogP contribution in [0.1, 0.15) is 74.0 Å². The zero-order valence-electron chi connectivity index (χ0n) is 19.5. The van der Waals surface area contributed by atoms with Crippen molar-refractivity contribution < 1.29 is 23.9 Å². The number of anilines is 2. The maximum Gasteiger partial charge on any atom is 0.338 e. The summed E-state index contributed by atoms with van der Waals surface area (Å²) < 4.78 is 5.28. The number of carbonyl (C=O) groups excluding carboxylic acids is 4. The fraction of sp³-hybridized carbons (Fsp3) is 0.214. The molecule has 3 aromatic carbocycles. The van der Waals surface area contributed by atoms with E-state index in [9.17, 15) is 19.2 Å². The summed E-state index contributed by atoms with van der Waals surface area (Å²) in [6.07, 6.45) is 4.13. The van der Waals surface area contributed by atoms with Crippen molar-refractivity contribution in [3.8, 4) is 0 Å². The van der Waals surface area contributed by atoms with Crippen LogP contribution in [0.25, 0.3) is 0 Å². The monoisotopic (exact) mass is 470 g/mol. The number of imide groups is 1. The van der Waals surface area contributed by atoms with E-state index in [0.717, 1.165) is 30.6 Å². The van der Waals surface area contributed by atoms with Crippen molar-refractivity contribution in [1.82, 2.24) is 0 Å². The van der Waals surface area contributed by atoms with Gasteiger partial charge in [0.15, 0.2) is 0 Å². The van der Waals surface area contributed by atoms with Crippen LogP contribution in [0.2, 0.25) is 0 Å². The third-order valence-corrected chi connectivity index (χ3v) is 5.79. The van der Waals surface area contributed by atoms with Gasteiger partial charge < -0.3 is 10.1 Å². The van der Waals surface area contributed by atoms with Gasteiger partial charge in [0.05, 0.1) is 29.0 Å². The SMILES string of the molecule is CCCCCCOC(=O)c1ccc(NC(=O)c2ccc(N3C(=O)c4ccccc4C3=O)cc2)cc1. The van der Waals surface area contributed by atoms with Crippen molar-refractivity contribution in [3.63, 3.8) is 0 Å². The van der Waals surface area contributed by atoms with E-state index >= 15 is 0 Å². The van der Waals surface area contributed by atoms with Gasteiger partial charge in [-0.25, -0.2) is 9.69 Å². The Kier molecular flexibility index (Phi) is 7.35. The van der Waals surface area contributed by atoms with Gasteiger partial charge in [0.2, 0.25) is 0 Å². The molecule has 1 aliphatic heterocycles. The Bertz CT molecular complexity index is 1210. The molecule has 35 heavy (non-hydrogen) atoms. The third-order valence-electron chi connectivity index (χ3n) is 5.79. The Balaban J connectivity index is 1.35. The maximum atomic E-state index is 12.7. The summed E-state index contributed by atoms with van der Waals surface area (Å²) in [5.74, 6) is -1.52. The van der Waals surface area contributed by atoms with Crippen LogP contribution in [0.3, 0.4) is 0 Å². The van der Waals surface area contributed by atoms with E-state index in [1.54, 1.807) is 72.8 Å². The highest BCUT2D eigenvalue weighted by atomic mass is 16.5. The molecule has 0 fully saturated rings. The van der Waals surface area contributed by atoms with Gasteiger partial charge in [-0.2, -0.15) is 0 Å². The molecule has 0 bridgehead atoms. The molecule has 0 atom stereocenters. The van der Waals surface area contributed by atoms with Gasteiger partial charge >= 0.3 is 5.97 Å². The smallest absolute Gasteiger partial charge is 0.338 e. The first-order chi connectivity index (χ1) is 17.0. The fourth-order valence-corrected chi connectivity index (χ4v) is 3.86. The topological polar surface area (TPSA) is 92.8 Å². The molecule has 0 saturated heterocycles. The summed E-state index contributed by atoms with van der Waals surface area (Å²) in [7, 11) is 0. The zero-order valence-corrected chi connectivity index (χ0v) is 19.5. The number of carbonyl (C=O) groups is 4. The van der Waals surface area contributed by atoms with Gasteiger partial charge in [-0.3, -0.25) is 14.4 Å². The first-order valence-electron chi connectivity index (χ1n) is 11.7. The molecule has 4 rings (SSSR count). The minimum absolute atomic E-state index is 0.356. The van der Waals surface area contributed by atoms with E-state index in [4.69, 9.17) is 4.74 Å². The van der Waals surface area contributed by atoms with Crippen LogP contribution in [0.4, 0.5) is 11.4 Å². The lowest BCUT2D eigenvalue weighted by Crippen LogP contribution is -2.29. The van der Waals surface area contributed by atoms with Gasteiger partial charge in [0.1, 0.15) is 0 Å². The summed E-state index contributed by atoms with van der Waals surface area (Å²) in [6.45, 7) is 2.52. The van der Waals surface area contributed by atoms with Crippen LogP contribution in [-0.4, -0.2) is 30.3 Å². The van der Waals surface area contributed by atoms with E-state index in [0.29, 0.717) is 40.2 Å². The highest BCUT2D eigenvalue weighted by Gasteiger charge is 2.36. The quantitative estimate of drug-likeness (QED) is 0.254. The number of fused-ring (bicyclic) bond motifs is 1. The van der Waals surface area contributed by atoms with Crippen molar-refractivity contribution in [2.24, 2.45) is 0 Å². The summed E-state index contributed by atoms with van der Waals surface area (Å²) in [5.41, 5.74) is 2.43. The Labute approximate surface area is 203 Å². The second-order valence-electron chi connectivity index (χ2n) is 8.27. The lowest BCUT2D eigenvalue weighted by molar-refractivity contribution is 0.0497. The van der Waals surface area contributed by atoms with Crippen molar-refractivity contribution in [2.75, 3.05) is 16.8 Å². The van der Waals surface area contributed by atoms with Crippen molar-refractivity contribution in [2.45, 2.75) is 32.6 Å². The van der Waals surface area contributed by atoms with E-state index < -0.39 is 0 Å². The molecular formula is C28H26N2O5. The molecular weight excluding hydrogens is 444 g/mol. The number of hydrogen-bond donors (Lipinski definition) is 1. The summed E-state index contributed by atoms with van der Waals surface area (Å²) in [4.78, 5) is 51.2. The standard InChI is InChI=1S/C28H26N2O5/c1-2-3-4-7-18-35-28(34)20-10-14-21(15-11-20)29-25(31)19-12-16-22(17-13-19)30-26(32)23-8-5-6-9-24(23)27(30)33/h5-6,8-17H,2-4,7,18H2,1H3,(H,29,31). The zero-order chi connectivity index (χ0) is 24.8. The average molecular weight is 471 g/mol. The lowest BCUT2D eigenvalue weighted by atomic mass is 10.1. The van der Waals surface area contributed by atoms with Crippen molar-refractivity contribution in [1.29, 1.82) is 0 Å². The fourth-order valence-electron chi connectivity index (χ4n) is 3.86. The Morgan fingerprint density at radius 1 is 0.771 bits per heavy atom. The van der Waals surface area contributed by atoms with Crippen LogP contribution in [0, 0.1) is 0 Å². The molecule has 3 aromatic rings. The molecule has 7 heteroatoms. The highest BCUT2D eigenvalue weighted by Crippen LogP contribution is 2.28. The molecule has 0 radical (unpaired) electrons. The van der Waals surface area contributed by atoms with E-state index in [-0.39, 0.29) is 23.7 Å². The normalized spacial score (nSPS) is 12.4. The molecule has 3 amide bonds. The van der Waals surface area contributed by atoms with Gasteiger partial charge in [0, 0.05) is 11.3 Å². The first-order valence-corrected chi connectivity index (χ1v) is 11.7. The Morgan fingerprint density at radius 2 is 1.37 bits per heavy atom. The highest BCUT2D eigenvalue weighted by molar-refractivity contribution is 6.34. The van der Waals surface area contributed by atoms with Gasteiger partial charge in [-0.05, 0) is 67.1 Å². The van der Waals surface area contributed by atoms with Gasteiger partial charge in [-0.15, -0.1) is 0 Å². The van der Waals surface area contributed by atoms with E-state index in [1.807, 2.05) is 0 Å². The van der Waals surface area contributed by atoms with Crippen LogP contribution in [0.15, 0.2) is 72.8 Å². The minimum atomic E-state index is -0.387. The predicted octanol–water partition coefficient (Wildman–Crippen LogP) is 5.48. The number of benzene rings is 3. The number of amides is 3. The van der Waals surface area contributed by atoms with Crippen molar-refractivity contribution in [3.05, 3.63) is 95.1 Å². The molecule has 1 heterocycles.